The second-order valence-corrected chi connectivity index (χ2v) is 4.66. The van der Waals surface area contributed by atoms with Crippen LogP contribution >= 0.6 is 0 Å². The molecule has 0 fully saturated rings. The monoisotopic (exact) mass is 256 g/mol. The second-order valence-electron chi connectivity index (χ2n) is 4.66. The van der Waals surface area contributed by atoms with Gasteiger partial charge in [-0.3, -0.25) is 0 Å². The minimum absolute atomic E-state index is 0.212. The number of aromatic nitrogens is 6. The lowest BCUT2D eigenvalue weighted by Gasteiger charge is -2.18. The predicted molar refractivity (Wildman–Crippen MR) is 70.7 cm³/mol. The first-order valence-corrected chi connectivity index (χ1v) is 6.19. The van der Waals surface area contributed by atoms with E-state index in [-0.39, 0.29) is 6.29 Å². The van der Waals surface area contributed by atoms with E-state index in [1.165, 1.54) is 0 Å². The van der Waals surface area contributed by atoms with Crippen molar-refractivity contribution in [2.75, 3.05) is 0 Å². The number of rotatable bonds is 3. The van der Waals surface area contributed by atoms with Crippen molar-refractivity contribution in [2.45, 2.75) is 27.1 Å². The highest BCUT2D eigenvalue weighted by atomic mass is 15.6. The van der Waals surface area contributed by atoms with E-state index in [0.29, 0.717) is 0 Å². The van der Waals surface area contributed by atoms with Crippen molar-refractivity contribution in [3.8, 4) is 0 Å². The van der Waals surface area contributed by atoms with Crippen molar-refractivity contribution in [3.63, 3.8) is 0 Å². The number of aryl methyl sites for hydroxylation is 3. The van der Waals surface area contributed by atoms with E-state index in [9.17, 15) is 0 Å². The van der Waals surface area contributed by atoms with E-state index in [4.69, 9.17) is 0 Å². The van der Waals surface area contributed by atoms with Crippen LogP contribution in [0.25, 0.3) is 0 Å². The third-order valence-corrected chi connectivity index (χ3v) is 2.93. The largest absolute Gasteiger partial charge is 0.238 e. The first-order valence-electron chi connectivity index (χ1n) is 6.19. The standard InChI is InChI=1S/C13H16N6/c1-10-4-7-17(14-10)13(18-8-5-11(2)15-18)19-9-6-12(3)16-19/h4-9,13H,1-3H3. The average molecular weight is 256 g/mol. The van der Waals surface area contributed by atoms with Gasteiger partial charge in [-0.1, -0.05) is 0 Å². The fraction of sp³-hybridized carbons (Fsp3) is 0.308. The molecule has 0 radical (unpaired) electrons. The minimum Gasteiger partial charge on any atom is -0.227 e. The van der Waals surface area contributed by atoms with Gasteiger partial charge in [0, 0.05) is 18.6 Å². The van der Waals surface area contributed by atoms with Crippen molar-refractivity contribution < 1.29 is 0 Å². The van der Waals surface area contributed by atoms with Gasteiger partial charge in [0.25, 0.3) is 0 Å². The summed E-state index contributed by atoms with van der Waals surface area (Å²) in [5.74, 6) is 0. The first kappa shape index (κ1) is 11.7. The molecule has 3 rings (SSSR count). The van der Waals surface area contributed by atoms with E-state index in [2.05, 4.69) is 15.3 Å². The van der Waals surface area contributed by atoms with E-state index < -0.39 is 0 Å². The van der Waals surface area contributed by atoms with Gasteiger partial charge in [0.2, 0.25) is 6.29 Å². The van der Waals surface area contributed by atoms with Gasteiger partial charge in [-0.05, 0) is 39.0 Å². The summed E-state index contributed by atoms with van der Waals surface area (Å²) in [6.07, 6.45) is 5.60. The van der Waals surface area contributed by atoms with Gasteiger partial charge in [-0.15, -0.1) is 0 Å². The molecule has 3 heterocycles. The smallest absolute Gasteiger partial charge is 0.227 e. The van der Waals surface area contributed by atoms with Crippen molar-refractivity contribution in [1.29, 1.82) is 0 Å². The van der Waals surface area contributed by atoms with Crippen LogP contribution in [0.1, 0.15) is 23.4 Å². The summed E-state index contributed by atoms with van der Waals surface area (Å²) in [4.78, 5) is 0. The van der Waals surface area contributed by atoms with Crippen LogP contribution in [0, 0.1) is 20.8 Å². The maximum atomic E-state index is 4.48. The van der Waals surface area contributed by atoms with Crippen LogP contribution in [0.3, 0.4) is 0 Å². The lowest BCUT2D eigenvalue weighted by Crippen LogP contribution is -2.27. The van der Waals surface area contributed by atoms with Crippen molar-refractivity contribution in [1.82, 2.24) is 29.3 Å². The molecule has 0 saturated carbocycles. The molecule has 0 spiro atoms. The molecule has 6 heteroatoms. The second kappa shape index (κ2) is 4.38. The van der Waals surface area contributed by atoms with Crippen molar-refractivity contribution in [3.05, 3.63) is 53.9 Å². The lowest BCUT2D eigenvalue weighted by atomic mass is 10.5. The molecule has 0 atom stereocenters. The fourth-order valence-corrected chi connectivity index (χ4v) is 2.05. The van der Waals surface area contributed by atoms with Crippen molar-refractivity contribution in [2.24, 2.45) is 0 Å². The van der Waals surface area contributed by atoms with E-state index in [1.54, 1.807) is 0 Å². The molecule has 0 aliphatic carbocycles. The molecule has 0 aromatic carbocycles. The zero-order valence-electron chi connectivity index (χ0n) is 11.2. The highest BCUT2D eigenvalue weighted by Gasteiger charge is 2.17. The summed E-state index contributed by atoms with van der Waals surface area (Å²) < 4.78 is 5.57. The Morgan fingerprint density at radius 3 is 1.21 bits per heavy atom. The molecular weight excluding hydrogens is 240 g/mol. The van der Waals surface area contributed by atoms with E-state index in [1.807, 2.05) is 71.6 Å². The summed E-state index contributed by atoms with van der Waals surface area (Å²) in [6.45, 7) is 5.91. The van der Waals surface area contributed by atoms with Gasteiger partial charge in [-0.25, -0.2) is 14.0 Å². The van der Waals surface area contributed by atoms with E-state index >= 15 is 0 Å². The molecule has 98 valence electrons. The highest BCUT2D eigenvalue weighted by molar-refractivity contribution is 5.01. The van der Waals surface area contributed by atoms with Gasteiger partial charge in [0.15, 0.2) is 0 Å². The van der Waals surface area contributed by atoms with Crippen LogP contribution in [0.2, 0.25) is 0 Å². The summed E-state index contributed by atoms with van der Waals surface area (Å²) in [5.41, 5.74) is 2.91. The molecule has 0 unspecified atom stereocenters. The fourth-order valence-electron chi connectivity index (χ4n) is 2.05. The minimum atomic E-state index is -0.212. The van der Waals surface area contributed by atoms with Crippen LogP contribution in [0.5, 0.6) is 0 Å². The average Bonchev–Trinajstić information content (AvgIpc) is 3.05. The molecule has 6 nitrogen and oxygen atoms in total. The quantitative estimate of drug-likeness (QED) is 0.717. The summed E-state index contributed by atoms with van der Waals surface area (Å²) in [6, 6.07) is 5.92. The Bertz CT molecular complexity index is 594. The van der Waals surface area contributed by atoms with Gasteiger partial charge >= 0.3 is 0 Å². The lowest BCUT2D eigenvalue weighted by molar-refractivity contribution is 0.282. The molecule has 3 aromatic rings. The zero-order chi connectivity index (χ0) is 13.4. The zero-order valence-corrected chi connectivity index (χ0v) is 11.2. The number of nitrogens with zero attached hydrogens (tertiary/aromatic N) is 6. The third kappa shape index (κ3) is 2.16. The Hall–Kier alpha value is -2.37. The maximum absolute atomic E-state index is 4.48. The summed E-state index contributed by atoms with van der Waals surface area (Å²) >= 11 is 0. The Morgan fingerprint density at radius 1 is 0.684 bits per heavy atom. The normalized spacial score (nSPS) is 11.4. The summed E-state index contributed by atoms with van der Waals surface area (Å²) in [5, 5.41) is 13.4. The molecule has 0 saturated heterocycles. The van der Waals surface area contributed by atoms with Gasteiger partial charge in [0.05, 0.1) is 17.1 Å². The van der Waals surface area contributed by atoms with Gasteiger partial charge < -0.3 is 0 Å². The molecule has 0 amide bonds. The topological polar surface area (TPSA) is 53.5 Å². The molecule has 0 aliphatic heterocycles. The molecule has 0 bridgehead atoms. The summed E-state index contributed by atoms with van der Waals surface area (Å²) in [7, 11) is 0. The van der Waals surface area contributed by atoms with Crippen LogP contribution < -0.4 is 0 Å². The number of hydrogen-bond acceptors (Lipinski definition) is 3. The predicted octanol–water partition coefficient (Wildman–Crippen LogP) is 1.75. The van der Waals surface area contributed by atoms with Gasteiger partial charge in [-0.2, -0.15) is 15.3 Å². The van der Waals surface area contributed by atoms with Crippen LogP contribution in [-0.2, 0) is 0 Å². The van der Waals surface area contributed by atoms with Crippen LogP contribution in [0.4, 0.5) is 0 Å². The number of hydrogen-bond donors (Lipinski definition) is 0. The van der Waals surface area contributed by atoms with Crippen LogP contribution in [0.15, 0.2) is 36.8 Å². The van der Waals surface area contributed by atoms with Crippen molar-refractivity contribution >= 4 is 0 Å². The van der Waals surface area contributed by atoms with E-state index in [0.717, 1.165) is 17.1 Å². The highest BCUT2D eigenvalue weighted by Crippen LogP contribution is 2.13. The maximum Gasteiger partial charge on any atom is 0.238 e. The molecular formula is C13H16N6. The Morgan fingerprint density at radius 2 is 1.00 bits per heavy atom. The first-order chi connectivity index (χ1) is 9.13. The molecule has 0 N–H and O–H groups in total. The Kier molecular flexibility index (Phi) is 2.70. The molecule has 3 aromatic heterocycles. The van der Waals surface area contributed by atoms with Gasteiger partial charge in [0.1, 0.15) is 0 Å². The Balaban J connectivity index is 2.10. The SMILES string of the molecule is Cc1ccn(C(n2ccc(C)n2)n2ccc(C)n2)n1. The Labute approximate surface area is 111 Å². The molecule has 0 aliphatic rings. The van der Waals surface area contributed by atoms with Crippen LogP contribution in [-0.4, -0.2) is 29.3 Å². The molecule has 19 heavy (non-hydrogen) atoms. The third-order valence-electron chi connectivity index (χ3n) is 2.93.